The molecule has 3 heteroatoms. The molecule has 0 amide bonds. The Hall–Kier alpha value is 0.660. The third kappa shape index (κ3) is 10.7. The Balaban J connectivity index is 2.80. The summed E-state index contributed by atoms with van der Waals surface area (Å²) >= 11 is 0. The first-order chi connectivity index (χ1) is 5.27. The molecule has 0 aromatic carbocycles. The van der Waals surface area contributed by atoms with Gasteiger partial charge in [-0.2, -0.15) is 0 Å². The lowest BCUT2D eigenvalue weighted by atomic mass is 10.5. The molecule has 11 heavy (non-hydrogen) atoms. The molecular weight excluding hydrogens is 176 g/mol. The van der Waals surface area contributed by atoms with Gasteiger partial charge in [0.05, 0.1) is 12.7 Å². The molecule has 0 fully saturated rings. The molecule has 0 aliphatic rings. The van der Waals surface area contributed by atoms with Crippen molar-refractivity contribution in [2.75, 3.05) is 18.1 Å². The zero-order chi connectivity index (χ0) is 8.53. The SMILES string of the molecule is CCCSSCCOC(C)C. The third-order valence-corrected chi connectivity index (χ3v) is 3.56. The summed E-state index contributed by atoms with van der Waals surface area (Å²) in [5.41, 5.74) is 0. The van der Waals surface area contributed by atoms with Crippen LogP contribution in [0.25, 0.3) is 0 Å². The quantitative estimate of drug-likeness (QED) is 0.455. The molecule has 0 bridgehead atoms. The number of ether oxygens (including phenoxy) is 1. The van der Waals surface area contributed by atoms with Crippen molar-refractivity contribution in [1.82, 2.24) is 0 Å². The van der Waals surface area contributed by atoms with Gasteiger partial charge in [-0.3, -0.25) is 0 Å². The number of rotatable bonds is 7. The smallest absolute Gasteiger partial charge is 0.0568 e. The maximum Gasteiger partial charge on any atom is 0.0568 e. The molecule has 1 nitrogen and oxygen atoms in total. The van der Waals surface area contributed by atoms with Crippen LogP contribution in [0.2, 0.25) is 0 Å². The average Bonchev–Trinajstić information content (AvgIpc) is 1.96. The van der Waals surface area contributed by atoms with Gasteiger partial charge < -0.3 is 4.74 Å². The Kier molecular flexibility index (Phi) is 9.28. The Morgan fingerprint density at radius 1 is 1.18 bits per heavy atom. The summed E-state index contributed by atoms with van der Waals surface area (Å²) in [4.78, 5) is 0. The maximum absolute atomic E-state index is 5.39. The van der Waals surface area contributed by atoms with E-state index in [0.29, 0.717) is 6.10 Å². The number of hydrogen-bond donors (Lipinski definition) is 0. The first-order valence-electron chi connectivity index (χ1n) is 4.13. The van der Waals surface area contributed by atoms with Gasteiger partial charge in [0.15, 0.2) is 0 Å². The Labute approximate surface area is 78.1 Å². The first kappa shape index (κ1) is 11.7. The molecule has 68 valence electrons. The van der Waals surface area contributed by atoms with Gasteiger partial charge in [0.2, 0.25) is 0 Å². The maximum atomic E-state index is 5.39. The molecule has 0 radical (unpaired) electrons. The minimum absolute atomic E-state index is 0.381. The van der Waals surface area contributed by atoms with E-state index in [1.54, 1.807) is 0 Å². The van der Waals surface area contributed by atoms with E-state index in [9.17, 15) is 0 Å². The van der Waals surface area contributed by atoms with Gasteiger partial charge in [0.25, 0.3) is 0 Å². The predicted octanol–water partition coefficient (Wildman–Crippen LogP) is 3.20. The van der Waals surface area contributed by atoms with Crippen molar-refractivity contribution in [1.29, 1.82) is 0 Å². The van der Waals surface area contributed by atoms with Crippen LogP contribution in [0.15, 0.2) is 0 Å². The van der Waals surface area contributed by atoms with Gasteiger partial charge in [-0.1, -0.05) is 28.5 Å². The van der Waals surface area contributed by atoms with Crippen LogP contribution in [0, 0.1) is 0 Å². The van der Waals surface area contributed by atoms with Crippen molar-refractivity contribution in [2.45, 2.75) is 33.3 Å². The van der Waals surface area contributed by atoms with E-state index < -0.39 is 0 Å². The van der Waals surface area contributed by atoms with E-state index >= 15 is 0 Å². The molecule has 0 aliphatic heterocycles. The molecule has 0 saturated heterocycles. The summed E-state index contributed by atoms with van der Waals surface area (Å²) in [6, 6.07) is 0. The lowest BCUT2D eigenvalue weighted by Gasteiger charge is -2.05. The fraction of sp³-hybridized carbons (Fsp3) is 1.00. The van der Waals surface area contributed by atoms with E-state index in [4.69, 9.17) is 4.74 Å². The van der Waals surface area contributed by atoms with Gasteiger partial charge in [0.1, 0.15) is 0 Å². The minimum Gasteiger partial charge on any atom is -0.378 e. The third-order valence-electron chi connectivity index (χ3n) is 0.989. The fourth-order valence-corrected chi connectivity index (χ4v) is 2.50. The second-order valence-corrected chi connectivity index (χ2v) is 5.27. The van der Waals surface area contributed by atoms with Crippen molar-refractivity contribution < 1.29 is 4.74 Å². The van der Waals surface area contributed by atoms with E-state index in [-0.39, 0.29) is 0 Å². The molecule has 0 aromatic heterocycles. The molecular formula is C8H18OS2. The van der Waals surface area contributed by atoms with E-state index in [1.807, 2.05) is 21.6 Å². The molecule has 0 saturated carbocycles. The second-order valence-electron chi connectivity index (χ2n) is 2.56. The molecule has 0 atom stereocenters. The van der Waals surface area contributed by atoms with Crippen LogP contribution in [-0.4, -0.2) is 24.2 Å². The molecule has 0 rings (SSSR count). The monoisotopic (exact) mass is 194 g/mol. The first-order valence-corrected chi connectivity index (χ1v) is 6.62. The highest BCUT2D eigenvalue weighted by atomic mass is 33.1. The van der Waals surface area contributed by atoms with Gasteiger partial charge in [0, 0.05) is 11.5 Å². The van der Waals surface area contributed by atoms with Crippen molar-refractivity contribution in [3.8, 4) is 0 Å². The predicted molar refractivity (Wildman–Crippen MR) is 56.3 cm³/mol. The highest BCUT2D eigenvalue weighted by Crippen LogP contribution is 2.21. The molecule has 0 N–H and O–H groups in total. The number of hydrogen-bond acceptors (Lipinski definition) is 3. The van der Waals surface area contributed by atoms with Crippen molar-refractivity contribution in [3.05, 3.63) is 0 Å². The van der Waals surface area contributed by atoms with Crippen molar-refractivity contribution >= 4 is 21.6 Å². The lowest BCUT2D eigenvalue weighted by Crippen LogP contribution is -2.04. The summed E-state index contributed by atoms with van der Waals surface area (Å²) in [5, 5.41) is 0. The van der Waals surface area contributed by atoms with Crippen molar-refractivity contribution in [3.63, 3.8) is 0 Å². The highest BCUT2D eigenvalue weighted by Gasteiger charge is 1.92. The van der Waals surface area contributed by atoms with Gasteiger partial charge in [-0.15, -0.1) is 0 Å². The second kappa shape index (κ2) is 8.75. The Morgan fingerprint density at radius 3 is 2.36 bits per heavy atom. The summed E-state index contributed by atoms with van der Waals surface area (Å²) in [6.45, 7) is 7.24. The Morgan fingerprint density at radius 2 is 1.82 bits per heavy atom. The normalized spacial score (nSPS) is 10.9. The van der Waals surface area contributed by atoms with Crippen LogP contribution in [-0.2, 0) is 4.74 Å². The van der Waals surface area contributed by atoms with Gasteiger partial charge in [-0.05, 0) is 20.3 Å². The zero-order valence-electron chi connectivity index (χ0n) is 7.63. The molecule has 0 aromatic rings. The largest absolute Gasteiger partial charge is 0.378 e. The van der Waals surface area contributed by atoms with Crippen LogP contribution in [0.5, 0.6) is 0 Å². The molecule has 0 aliphatic carbocycles. The van der Waals surface area contributed by atoms with Crippen LogP contribution in [0.1, 0.15) is 27.2 Å². The summed E-state index contributed by atoms with van der Waals surface area (Å²) in [5.74, 6) is 2.37. The topological polar surface area (TPSA) is 9.23 Å². The van der Waals surface area contributed by atoms with E-state index in [1.165, 1.54) is 12.2 Å². The molecule has 0 unspecified atom stereocenters. The van der Waals surface area contributed by atoms with Crippen molar-refractivity contribution in [2.24, 2.45) is 0 Å². The van der Waals surface area contributed by atoms with Crippen LogP contribution in [0.4, 0.5) is 0 Å². The lowest BCUT2D eigenvalue weighted by molar-refractivity contribution is 0.0922. The van der Waals surface area contributed by atoms with E-state index in [0.717, 1.165) is 12.4 Å². The average molecular weight is 194 g/mol. The van der Waals surface area contributed by atoms with Crippen LogP contribution < -0.4 is 0 Å². The summed E-state index contributed by atoms with van der Waals surface area (Å²) in [6.07, 6.45) is 1.65. The van der Waals surface area contributed by atoms with Crippen LogP contribution >= 0.6 is 21.6 Å². The van der Waals surface area contributed by atoms with Crippen LogP contribution in [0.3, 0.4) is 0 Å². The Bertz CT molecular complexity index is 76.5. The molecule has 0 heterocycles. The summed E-state index contributed by atoms with van der Waals surface area (Å²) in [7, 11) is 3.85. The fourth-order valence-electron chi connectivity index (χ4n) is 0.519. The van der Waals surface area contributed by atoms with Gasteiger partial charge >= 0.3 is 0 Å². The zero-order valence-corrected chi connectivity index (χ0v) is 9.26. The highest BCUT2D eigenvalue weighted by molar-refractivity contribution is 8.76. The summed E-state index contributed by atoms with van der Waals surface area (Å²) < 4.78 is 5.39. The standard InChI is InChI=1S/C8H18OS2/c1-4-6-10-11-7-5-9-8(2)3/h8H,4-7H2,1-3H3. The molecule has 0 spiro atoms. The minimum atomic E-state index is 0.381. The van der Waals surface area contributed by atoms with E-state index in [2.05, 4.69) is 20.8 Å². The van der Waals surface area contributed by atoms with Gasteiger partial charge in [-0.25, -0.2) is 0 Å².